The van der Waals surface area contributed by atoms with Crippen molar-refractivity contribution < 1.29 is 9.84 Å². The third-order valence-corrected chi connectivity index (χ3v) is 4.49. The maximum atomic E-state index is 10.4. The van der Waals surface area contributed by atoms with E-state index in [1.54, 1.807) is 24.2 Å². The average molecular weight is 316 g/mol. The molecule has 0 saturated carbocycles. The van der Waals surface area contributed by atoms with E-state index < -0.39 is 6.10 Å². The lowest BCUT2D eigenvalue weighted by molar-refractivity contribution is 0.117. The lowest BCUT2D eigenvalue weighted by Gasteiger charge is -2.26. The van der Waals surface area contributed by atoms with Crippen LogP contribution in [0.3, 0.4) is 0 Å². The number of pyridine rings is 1. The predicted octanol–water partition coefficient (Wildman–Crippen LogP) is 1.91. The standard InChI is InChI=1S/C17H24N4O2/c1-20-11-13(10-19-20)17(22)9-15-4-3-7-21(15)12-14-8-16(23-2)5-6-18-14/h5-6,8,10-11,15,17,22H,3-4,7,9,12H2,1-2H3. The van der Waals surface area contributed by atoms with Gasteiger partial charge in [0.15, 0.2) is 0 Å². The van der Waals surface area contributed by atoms with Gasteiger partial charge in [-0.1, -0.05) is 0 Å². The van der Waals surface area contributed by atoms with Crippen molar-refractivity contribution in [2.24, 2.45) is 7.05 Å². The minimum atomic E-state index is -0.465. The molecule has 2 unspecified atom stereocenters. The monoisotopic (exact) mass is 316 g/mol. The minimum absolute atomic E-state index is 0.373. The average Bonchev–Trinajstić information content (AvgIpc) is 3.17. The fourth-order valence-corrected chi connectivity index (χ4v) is 3.25. The number of likely N-dealkylation sites (tertiary alicyclic amines) is 1. The van der Waals surface area contributed by atoms with Gasteiger partial charge in [-0.05, 0) is 31.9 Å². The van der Waals surface area contributed by atoms with E-state index in [1.807, 2.05) is 25.4 Å². The molecule has 0 amide bonds. The maximum Gasteiger partial charge on any atom is 0.122 e. The van der Waals surface area contributed by atoms with Crippen molar-refractivity contribution in [2.75, 3.05) is 13.7 Å². The zero-order valence-corrected chi connectivity index (χ0v) is 13.7. The van der Waals surface area contributed by atoms with Crippen molar-refractivity contribution in [2.45, 2.75) is 38.0 Å². The molecule has 1 N–H and O–H groups in total. The molecule has 6 nitrogen and oxygen atoms in total. The summed E-state index contributed by atoms with van der Waals surface area (Å²) in [6.07, 6.45) is 7.95. The van der Waals surface area contributed by atoms with Crippen LogP contribution in [0, 0.1) is 0 Å². The van der Waals surface area contributed by atoms with Crippen molar-refractivity contribution in [3.63, 3.8) is 0 Å². The second-order valence-electron chi connectivity index (χ2n) is 6.15. The lowest BCUT2D eigenvalue weighted by atomic mass is 10.0. The van der Waals surface area contributed by atoms with E-state index in [9.17, 15) is 5.11 Å². The van der Waals surface area contributed by atoms with Crippen LogP contribution >= 0.6 is 0 Å². The van der Waals surface area contributed by atoms with Gasteiger partial charge in [0.05, 0.1) is 25.1 Å². The summed E-state index contributed by atoms with van der Waals surface area (Å²) in [4.78, 5) is 6.83. The molecule has 2 aromatic rings. The van der Waals surface area contributed by atoms with Gasteiger partial charge in [-0.25, -0.2) is 0 Å². The van der Waals surface area contributed by atoms with Gasteiger partial charge in [0.25, 0.3) is 0 Å². The van der Waals surface area contributed by atoms with Crippen LogP contribution in [0.4, 0.5) is 0 Å². The summed E-state index contributed by atoms with van der Waals surface area (Å²) in [6, 6.07) is 4.21. The predicted molar refractivity (Wildman–Crippen MR) is 87.0 cm³/mol. The molecule has 2 aromatic heterocycles. The highest BCUT2D eigenvalue weighted by Gasteiger charge is 2.27. The summed E-state index contributed by atoms with van der Waals surface area (Å²) in [5, 5.41) is 14.6. The Bertz CT molecular complexity index is 643. The topological polar surface area (TPSA) is 63.4 Å². The summed E-state index contributed by atoms with van der Waals surface area (Å²) < 4.78 is 6.99. The zero-order valence-electron chi connectivity index (χ0n) is 13.7. The van der Waals surface area contributed by atoms with Crippen LogP contribution in [0.2, 0.25) is 0 Å². The van der Waals surface area contributed by atoms with Crippen molar-refractivity contribution in [3.05, 3.63) is 42.0 Å². The second kappa shape index (κ2) is 7.10. The number of hydrogen-bond donors (Lipinski definition) is 1. The SMILES string of the molecule is COc1ccnc(CN2CCCC2CC(O)c2cnn(C)c2)c1. The highest BCUT2D eigenvalue weighted by molar-refractivity contribution is 5.22. The molecule has 3 heterocycles. The Kier molecular flexibility index (Phi) is 4.93. The number of aliphatic hydroxyl groups is 1. The first-order chi connectivity index (χ1) is 11.2. The van der Waals surface area contributed by atoms with Crippen LogP contribution in [0.5, 0.6) is 5.75 Å². The van der Waals surface area contributed by atoms with E-state index in [1.165, 1.54) is 0 Å². The maximum absolute atomic E-state index is 10.4. The molecule has 23 heavy (non-hydrogen) atoms. The Morgan fingerprint density at radius 3 is 3.09 bits per heavy atom. The quantitative estimate of drug-likeness (QED) is 0.882. The first-order valence-electron chi connectivity index (χ1n) is 8.05. The largest absolute Gasteiger partial charge is 0.497 e. The van der Waals surface area contributed by atoms with E-state index in [4.69, 9.17) is 4.74 Å². The fraction of sp³-hybridized carbons (Fsp3) is 0.529. The van der Waals surface area contributed by atoms with E-state index in [2.05, 4.69) is 15.0 Å². The zero-order chi connectivity index (χ0) is 16.2. The Balaban J connectivity index is 1.63. The molecule has 3 rings (SSSR count). The summed E-state index contributed by atoms with van der Waals surface area (Å²) >= 11 is 0. The number of aliphatic hydroxyl groups excluding tert-OH is 1. The number of aromatic nitrogens is 3. The van der Waals surface area contributed by atoms with Gasteiger partial charge in [0, 0.05) is 43.7 Å². The van der Waals surface area contributed by atoms with Gasteiger partial charge in [-0.15, -0.1) is 0 Å². The summed E-state index contributed by atoms with van der Waals surface area (Å²) in [6.45, 7) is 1.84. The summed E-state index contributed by atoms with van der Waals surface area (Å²) in [5.41, 5.74) is 1.89. The van der Waals surface area contributed by atoms with Crippen molar-refractivity contribution in [1.29, 1.82) is 0 Å². The highest BCUT2D eigenvalue weighted by atomic mass is 16.5. The van der Waals surface area contributed by atoms with Crippen LogP contribution < -0.4 is 4.74 Å². The fourth-order valence-electron chi connectivity index (χ4n) is 3.25. The first kappa shape index (κ1) is 16.0. The summed E-state index contributed by atoms with van der Waals surface area (Å²) in [5.74, 6) is 0.834. The number of ether oxygens (including phenoxy) is 1. The molecule has 1 fully saturated rings. The van der Waals surface area contributed by atoms with E-state index in [-0.39, 0.29) is 0 Å². The van der Waals surface area contributed by atoms with E-state index in [0.29, 0.717) is 6.04 Å². The van der Waals surface area contributed by atoms with Gasteiger partial charge < -0.3 is 9.84 Å². The number of nitrogens with zero attached hydrogens (tertiary/aromatic N) is 4. The van der Waals surface area contributed by atoms with Gasteiger partial charge in [-0.2, -0.15) is 5.10 Å². The molecule has 1 aliphatic rings. The van der Waals surface area contributed by atoms with Gasteiger partial charge in [0.2, 0.25) is 0 Å². The molecule has 0 aliphatic carbocycles. The number of hydrogen-bond acceptors (Lipinski definition) is 5. The Morgan fingerprint density at radius 1 is 1.48 bits per heavy atom. The molecule has 0 spiro atoms. The van der Waals surface area contributed by atoms with Gasteiger partial charge in [-0.3, -0.25) is 14.6 Å². The molecular weight excluding hydrogens is 292 g/mol. The summed E-state index contributed by atoms with van der Waals surface area (Å²) in [7, 11) is 3.54. The van der Waals surface area contributed by atoms with Crippen LogP contribution in [0.25, 0.3) is 0 Å². The molecule has 1 aliphatic heterocycles. The third-order valence-electron chi connectivity index (χ3n) is 4.49. The molecule has 2 atom stereocenters. The van der Waals surface area contributed by atoms with Crippen LogP contribution in [-0.2, 0) is 13.6 Å². The Labute approximate surface area is 136 Å². The lowest BCUT2D eigenvalue weighted by Crippen LogP contribution is -2.30. The van der Waals surface area contributed by atoms with Crippen LogP contribution in [-0.4, -0.2) is 44.5 Å². The Morgan fingerprint density at radius 2 is 2.35 bits per heavy atom. The Hall–Kier alpha value is -1.92. The molecule has 0 bridgehead atoms. The van der Waals surface area contributed by atoms with Gasteiger partial charge >= 0.3 is 0 Å². The molecule has 6 heteroatoms. The molecule has 1 saturated heterocycles. The smallest absolute Gasteiger partial charge is 0.122 e. The molecule has 124 valence electrons. The van der Waals surface area contributed by atoms with E-state index in [0.717, 1.165) is 49.4 Å². The second-order valence-corrected chi connectivity index (χ2v) is 6.15. The van der Waals surface area contributed by atoms with Crippen LogP contribution in [0.15, 0.2) is 30.7 Å². The van der Waals surface area contributed by atoms with Crippen molar-refractivity contribution >= 4 is 0 Å². The number of rotatable bonds is 6. The van der Waals surface area contributed by atoms with Crippen molar-refractivity contribution in [1.82, 2.24) is 19.7 Å². The minimum Gasteiger partial charge on any atom is -0.497 e. The molecule has 0 aromatic carbocycles. The first-order valence-corrected chi connectivity index (χ1v) is 8.05. The number of aryl methyl sites for hydroxylation is 1. The highest BCUT2D eigenvalue weighted by Crippen LogP contribution is 2.28. The molecular formula is C17H24N4O2. The van der Waals surface area contributed by atoms with Crippen molar-refractivity contribution in [3.8, 4) is 5.75 Å². The van der Waals surface area contributed by atoms with Crippen LogP contribution in [0.1, 0.15) is 36.6 Å². The molecule has 0 radical (unpaired) electrons. The van der Waals surface area contributed by atoms with Gasteiger partial charge in [0.1, 0.15) is 5.75 Å². The number of methoxy groups -OCH3 is 1. The van der Waals surface area contributed by atoms with E-state index >= 15 is 0 Å². The third kappa shape index (κ3) is 3.89. The normalized spacial score (nSPS) is 19.9.